The van der Waals surface area contributed by atoms with Crippen molar-refractivity contribution in [1.82, 2.24) is 5.43 Å². The lowest BCUT2D eigenvalue weighted by molar-refractivity contribution is -0.123. The highest BCUT2D eigenvalue weighted by Gasteiger charge is 2.07. The van der Waals surface area contributed by atoms with E-state index in [4.69, 9.17) is 4.74 Å². The van der Waals surface area contributed by atoms with Gasteiger partial charge >= 0.3 is 0 Å². The SMILES string of the molecule is CCN(CC)c1ccc(C=NNC(=O)COc2cc(C)ccc2C)c(O)c1. The predicted molar refractivity (Wildman–Crippen MR) is 109 cm³/mol. The van der Waals surface area contributed by atoms with Gasteiger partial charge in [-0.05, 0) is 57.0 Å². The number of phenolic OH excluding ortho intramolecular Hbond substituents is 1. The molecule has 0 spiro atoms. The molecule has 2 N–H and O–H groups in total. The largest absolute Gasteiger partial charge is 0.507 e. The fourth-order valence-corrected chi connectivity index (χ4v) is 2.64. The zero-order chi connectivity index (χ0) is 19.8. The highest BCUT2D eigenvalue weighted by molar-refractivity contribution is 5.86. The first-order valence-corrected chi connectivity index (χ1v) is 9.04. The van der Waals surface area contributed by atoms with Crippen molar-refractivity contribution in [2.45, 2.75) is 27.7 Å². The van der Waals surface area contributed by atoms with Crippen molar-refractivity contribution in [3.8, 4) is 11.5 Å². The third-order valence-electron chi connectivity index (χ3n) is 4.24. The van der Waals surface area contributed by atoms with Crippen LogP contribution in [0.5, 0.6) is 11.5 Å². The molecule has 0 heterocycles. The Morgan fingerprint density at radius 2 is 1.93 bits per heavy atom. The number of hydrogen-bond donors (Lipinski definition) is 2. The lowest BCUT2D eigenvalue weighted by Crippen LogP contribution is -2.24. The molecule has 2 aromatic carbocycles. The van der Waals surface area contributed by atoms with Gasteiger partial charge in [0.2, 0.25) is 0 Å². The fourth-order valence-electron chi connectivity index (χ4n) is 2.64. The number of nitrogens with one attached hydrogen (secondary N) is 1. The zero-order valence-electron chi connectivity index (χ0n) is 16.3. The van der Waals surface area contributed by atoms with Crippen LogP contribution in [-0.4, -0.2) is 36.9 Å². The Balaban J connectivity index is 1.91. The average Bonchev–Trinajstić information content (AvgIpc) is 2.65. The van der Waals surface area contributed by atoms with E-state index >= 15 is 0 Å². The second-order valence-electron chi connectivity index (χ2n) is 6.27. The minimum absolute atomic E-state index is 0.115. The molecule has 0 saturated heterocycles. The highest BCUT2D eigenvalue weighted by atomic mass is 16.5. The molecule has 0 aliphatic carbocycles. The molecule has 6 heteroatoms. The number of aryl methyl sites for hydroxylation is 2. The summed E-state index contributed by atoms with van der Waals surface area (Å²) in [5.41, 5.74) is 5.92. The van der Waals surface area contributed by atoms with Crippen LogP contribution in [0.1, 0.15) is 30.5 Å². The van der Waals surface area contributed by atoms with Crippen LogP contribution >= 0.6 is 0 Å². The van der Waals surface area contributed by atoms with E-state index in [1.165, 1.54) is 6.21 Å². The number of anilines is 1. The van der Waals surface area contributed by atoms with E-state index in [0.29, 0.717) is 11.3 Å². The maximum atomic E-state index is 11.9. The number of benzene rings is 2. The van der Waals surface area contributed by atoms with E-state index in [2.05, 4.69) is 29.3 Å². The minimum Gasteiger partial charge on any atom is -0.507 e. The summed E-state index contributed by atoms with van der Waals surface area (Å²) in [5, 5.41) is 14.0. The number of carbonyl (C=O) groups excluding carboxylic acids is 1. The molecule has 6 nitrogen and oxygen atoms in total. The summed E-state index contributed by atoms with van der Waals surface area (Å²) in [6, 6.07) is 11.2. The summed E-state index contributed by atoms with van der Waals surface area (Å²) in [4.78, 5) is 14.0. The molecular weight excluding hydrogens is 342 g/mol. The van der Waals surface area contributed by atoms with Gasteiger partial charge in [-0.15, -0.1) is 0 Å². The van der Waals surface area contributed by atoms with Gasteiger partial charge in [0.15, 0.2) is 6.61 Å². The Kier molecular flexibility index (Phi) is 7.23. The highest BCUT2D eigenvalue weighted by Crippen LogP contribution is 2.23. The standard InChI is InChI=1S/C21H27N3O3/c1-5-24(6-2)18-10-9-17(19(25)12-18)13-22-23-21(26)14-27-20-11-15(3)7-8-16(20)4/h7-13,25H,5-6,14H2,1-4H3,(H,23,26). The molecule has 0 unspecified atom stereocenters. The number of hydrogen-bond acceptors (Lipinski definition) is 5. The maximum absolute atomic E-state index is 11.9. The summed E-state index contributed by atoms with van der Waals surface area (Å²) in [6.45, 7) is 9.61. The van der Waals surface area contributed by atoms with E-state index in [9.17, 15) is 9.90 Å². The molecule has 2 rings (SSSR count). The summed E-state index contributed by atoms with van der Waals surface area (Å²) in [6.07, 6.45) is 1.41. The summed E-state index contributed by atoms with van der Waals surface area (Å²) in [7, 11) is 0. The van der Waals surface area contributed by atoms with Crippen LogP contribution in [0.4, 0.5) is 5.69 Å². The van der Waals surface area contributed by atoms with E-state index in [0.717, 1.165) is 29.9 Å². The lowest BCUT2D eigenvalue weighted by Gasteiger charge is -2.21. The topological polar surface area (TPSA) is 74.2 Å². The minimum atomic E-state index is -0.369. The monoisotopic (exact) mass is 369 g/mol. The summed E-state index contributed by atoms with van der Waals surface area (Å²) in [5.74, 6) is 0.425. The maximum Gasteiger partial charge on any atom is 0.277 e. The zero-order valence-corrected chi connectivity index (χ0v) is 16.3. The van der Waals surface area contributed by atoms with E-state index in [1.807, 2.05) is 38.1 Å². The second kappa shape index (κ2) is 9.62. The van der Waals surface area contributed by atoms with Gasteiger partial charge in [0, 0.05) is 30.4 Å². The van der Waals surface area contributed by atoms with Gasteiger partial charge in [-0.2, -0.15) is 5.10 Å². The summed E-state index contributed by atoms with van der Waals surface area (Å²) >= 11 is 0. The van der Waals surface area contributed by atoms with Crippen LogP contribution in [0.2, 0.25) is 0 Å². The Morgan fingerprint density at radius 1 is 1.19 bits per heavy atom. The van der Waals surface area contributed by atoms with Gasteiger partial charge in [-0.3, -0.25) is 4.79 Å². The molecule has 2 aromatic rings. The van der Waals surface area contributed by atoms with Crippen LogP contribution in [0.25, 0.3) is 0 Å². The molecule has 0 bridgehead atoms. The van der Waals surface area contributed by atoms with Crippen molar-refractivity contribution in [3.63, 3.8) is 0 Å². The number of nitrogens with zero attached hydrogens (tertiary/aromatic N) is 2. The Hall–Kier alpha value is -3.02. The number of amides is 1. The first-order valence-electron chi connectivity index (χ1n) is 9.04. The van der Waals surface area contributed by atoms with E-state index < -0.39 is 0 Å². The molecule has 1 amide bonds. The first-order chi connectivity index (χ1) is 12.9. The molecule has 0 radical (unpaired) electrons. The van der Waals surface area contributed by atoms with Gasteiger partial charge in [0.05, 0.1) is 6.21 Å². The second-order valence-corrected chi connectivity index (χ2v) is 6.27. The van der Waals surface area contributed by atoms with Crippen LogP contribution < -0.4 is 15.1 Å². The molecule has 144 valence electrons. The molecule has 0 saturated carbocycles. The Morgan fingerprint density at radius 3 is 2.59 bits per heavy atom. The van der Waals surface area contributed by atoms with Crippen LogP contribution in [0, 0.1) is 13.8 Å². The number of rotatable bonds is 8. The molecule has 0 aliphatic rings. The lowest BCUT2D eigenvalue weighted by atomic mass is 10.1. The van der Waals surface area contributed by atoms with Gasteiger partial charge < -0.3 is 14.7 Å². The average molecular weight is 369 g/mol. The van der Waals surface area contributed by atoms with Crippen molar-refractivity contribution in [1.29, 1.82) is 0 Å². The van der Waals surface area contributed by atoms with Crippen molar-refractivity contribution in [2.24, 2.45) is 5.10 Å². The molecular formula is C21H27N3O3. The van der Waals surface area contributed by atoms with Gasteiger partial charge in [-0.1, -0.05) is 12.1 Å². The first kappa shape index (κ1) is 20.3. The predicted octanol–water partition coefficient (Wildman–Crippen LogP) is 3.38. The van der Waals surface area contributed by atoms with Gasteiger partial charge in [0.1, 0.15) is 11.5 Å². The molecule has 0 aromatic heterocycles. The fraction of sp³-hybridized carbons (Fsp3) is 0.333. The van der Waals surface area contributed by atoms with E-state index in [1.54, 1.807) is 12.1 Å². The molecule has 0 fully saturated rings. The molecule has 0 aliphatic heterocycles. The number of phenols is 1. The van der Waals surface area contributed by atoms with Crippen LogP contribution in [-0.2, 0) is 4.79 Å². The number of aromatic hydroxyl groups is 1. The van der Waals surface area contributed by atoms with E-state index in [-0.39, 0.29) is 18.3 Å². The smallest absolute Gasteiger partial charge is 0.277 e. The number of hydrazone groups is 1. The third kappa shape index (κ3) is 5.74. The van der Waals surface area contributed by atoms with Gasteiger partial charge in [0.25, 0.3) is 5.91 Å². The molecule has 0 atom stereocenters. The summed E-state index contributed by atoms with van der Waals surface area (Å²) < 4.78 is 5.53. The number of carbonyl (C=O) groups is 1. The quantitative estimate of drug-likeness (QED) is 0.553. The number of ether oxygens (including phenoxy) is 1. The normalized spacial score (nSPS) is 10.8. The molecule has 27 heavy (non-hydrogen) atoms. The van der Waals surface area contributed by atoms with Crippen LogP contribution in [0.3, 0.4) is 0 Å². The van der Waals surface area contributed by atoms with Gasteiger partial charge in [-0.25, -0.2) is 5.43 Å². The van der Waals surface area contributed by atoms with Crippen molar-refractivity contribution < 1.29 is 14.6 Å². The van der Waals surface area contributed by atoms with Crippen molar-refractivity contribution in [2.75, 3.05) is 24.6 Å². The Bertz CT molecular complexity index is 814. The van der Waals surface area contributed by atoms with Crippen LogP contribution in [0.15, 0.2) is 41.5 Å². The Labute approximate surface area is 160 Å². The third-order valence-corrected chi connectivity index (χ3v) is 4.24. The van der Waals surface area contributed by atoms with Crippen molar-refractivity contribution in [3.05, 3.63) is 53.1 Å². The van der Waals surface area contributed by atoms with Crippen molar-refractivity contribution >= 4 is 17.8 Å².